The summed E-state index contributed by atoms with van der Waals surface area (Å²) in [5.74, 6) is 0.755. The fourth-order valence-electron chi connectivity index (χ4n) is 2.79. The summed E-state index contributed by atoms with van der Waals surface area (Å²) in [5, 5.41) is 3.46. The number of nitrogens with one attached hydrogen (secondary N) is 1. The number of benzene rings is 2. The maximum Gasteiger partial charge on any atom is 0.340 e. The van der Waals surface area contributed by atoms with Gasteiger partial charge in [0.2, 0.25) is 5.91 Å². The molecule has 0 fully saturated rings. The molecule has 0 bridgehead atoms. The second-order valence-corrected chi connectivity index (χ2v) is 7.50. The number of amides is 1. The van der Waals surface area contributed by atoms with Gasteiger partial charge in [-0.1, -0.05) is 23.9 Å². The van der Waals surface area contributed by atoms with Gasteiger partial charge in [0.25, 0.3) is 0 Å². The number of methoxy groups -OCH3 is 1. The summed E-state index contributed by atoms with van der Waals surface area (Å²) in [6, 6.07) is 16.1. The molecule has 1 amide bonds. The first-order valence-corrected chi connectivity index (χ1v) is 10.7. The predicted octanol–water partition coefficient (Wildman–Crippen LogP) is 4.37. The Morgan fingerprint density at radius 1 is 1.06 bits per heavy atom. The van der Waals surface area contributed by atoms with Crippen LogP contribution in [0.15, 0.2) is 59.6 Å². The van der Waals surface area contributed by atoms with Crippen molar-refractivity contribution in [2.75, 3.05) is 24.8 Å². The number of anilines is 1. The lowest BCUT2D eigenvalue weighted by atomic mass is 10.2. The molecule has 0 aliphatic rings. The van der Waals surface area contributed by atoms with E-state index < -0.39 is 5.97 Å². The first-order chi connectivity index (χ1) is 15.0. The summed E-state index contributed by atoms with van der Waals surface area (Å²) < 4.78 is 10.2. The van der Waals surface area contributed by atoms with Crippen molar-refractivity contribution < 1.29 is 19.1 Å². The van der Waals surface area contributed by atoms with Gasteiger partial charge in [-0.25, -0.2) is 14.8 Å². The molecule has 0 aliphatic carbocycles. The molecule has 1 aromatic heterocycles. The highest BCUT2D eigenvalue weighted by atomic mass is 32.2. The highest BCUT2D eigenvalue weighted by molar-refractivity contribution is 7.99. The van der Waals surface area contributed by atoms with Gasteiger partial charge in [0.1, 0.15) is 10.8 Å². The molecule has 0 spiro atoms. The van der Waals surface area contributed by atoms with E-state index in [1.807, 2.05) is 37.3 Å². The molecule has 0 atom stereocenters. The molecule has 3 rings (SSSR count). The number of carbonyl (C=O) groups excluding carboxylic acids is 2. The second kappa shape index (κ2) is 10.6. The van der Waals surface area contributed by atoms with Crippen LogP contribution in [-0.4, -0.2) is 41.3 Å². The van der Waals surface area contributed by atoms with Crippen molar-refractivity contribution in [3.05, 3.63) is 65.9 Å². The van der Waals surface area contributed by atoms with E-state index in [9.17, 15) is 9.59 Å². The highest BCUT2D eigenvalue weighted by Gasteiger charge is 2.14. The largest absolute Gasteiger partial charge is 0.497 e. The molecule has 0 aliphatic heterocycles. The van der Waals surface area contributed by atoms with E-state index in [4.69, 9.17) is 9.47 Å². The quantitative estimate of drug-likeness (QED) is 0.318. The zero-order chi connectivity index (χ0) is 22.2. The van der Waals surface area contributed by atoms with Gasteiger partial charge in [-0.15, -0.1) is 0 Å². The number of para-hydroxylation sites is 1. The van der Waals surface area contributed by atoms with Crippen molar-refractivity contribution in [1.29, 1.82) is 0 Å². The summed E-state index contributed by atoms with van der Waals surface area (Å²) in [4.78, 5) is 33.6. The topological polar surface area (TPSA) is 90.4 Å². The van der Waals surface area contributed by atoms with Crippen LogP contribution in [0.4, 0.5) is 5.69 Å². The molecule has 8 heteroatoms. The Bertz CT molecular complexity index is 1070. The fourth-order valence-corrected chi connectivity index (χ4v) is 3.54. The molecule has 1 heterocycles. The van der Waals surface area contributed by atoms with Crippen LogP contribution < -0.4 is 10.1 Å². The molecule has 1 N–H and O–H groups in total. The number of carbonyl (C=O) groups is 2. The number of aromatic nitrogens is 2. The lowest BCUT2D eigenvalue weighted by Crippen LogP contribution is -2.17. The van der Waals surface area contributed by atoms with Gasteiger partial charge in [-0.3, -0.25) is 4.79 Å². The van der Waals surface area contributed by atoms with E-state index in [1.165, 1.54) is 11.8 Å². The summed E-state index contributed by atoms with van der Waals surface area (Å²) >= 11 is 1.30. The van der Waals surface area contributed by atoms with Gasteiger partial charge in [-0.05, 0) is 56.3 Å². The summed E-state index contributed by atoms with van der Waals surface area (Å²) in [6.07, 6.45) is 0. The van der Waals surface area contributed by atoms with Gasteiger partial charge in [0, 0.05) is 11.3 Å². The zero-order valence-electron chi connectivity index (χ0n) is 17.5. The fraction of sp³-hybridized carbons (Fsp3) is 0.217. The molecular weight excluding hydrogens is 414 g/mol. The van der Waals surface area contributed by atoms with Crippen molar-refractivity contribution in [2.24, 2.45) is 0 Å². The molecule has 0 saturated heterocycles. The van der Waals surface area contributed by atoms with Crippen LogP contribution in [0.3, 0.4) is 0 Å². The minimum absolute atomic E-state index is 0.135. The SMILES string of the molecule is CCOC(=O)c1ccccc1NC(=O)CSc1cc(C)nc(-c2ccc(OC)cc2)n1. The maximum absolute atomic E-state index is 12.5. The van der Waals surface area contributed by atoms with Crippen LogP contribution in [0.1, 0.15) is 23.0 Å². The van der Waals surface area contributed by atoms with Gasteiger partial charge in [0.15, 0.2) is 5.82 Å². The zero-order valence-corrected chi connectivity index (χ0v) is 18.4. The smallest absolute Gasteiger partial charge is 0.340 e. The Kier molecular flexibility index (Phi) is 7.61. The normalized spacial score (nSPS) is 10.4. The lowest BCUT2D eigenvalue weighted by Gasteiger charge is -2.10. The molecule has 3 aromatic rings. The summed E-state index contributed by atoms with van der Waals surface area (Å²) in [6.45, 7) is 3.88. The number of thioether (sulfide) groups is 1. The molecule has 0 unspecified atom stereocenters. The van der Waals surface area contributed by atoms with E-state index >= 15 is 0 Å². The summed E-state index contributed by atoms with van der Waals surface area (Å²) in [7, 11) is 1.61. The molecule has 0 saturated carbocycles. The Balaban J connectivity index is 1.68. The van der Waals surface area contributed by atoms with Crippen LogP contribution >= 0.6 is 11.8 Å². The van der Waals surface area contributed by atoms with Gasteiger partial charge in [0.05, 0.1) is 30.7 Å². The first kappa shape index (κ1) is 22.3. The number of nitrogens with zero attached hydrogens (tertiary/aromatic N) is 2. The second-order valence-electron chi connectivity index (χ2n) is 6.50. The minimum atomic E-state index is -0.471. The lowest BCUT2D eigenvalue weighted by molar-refractivity contribution is -0.113. The Morgan fingerprint density at radius 3 is 2.52 bits per heavy atom. The third-order valence-corrected chi connectivity index (χ3v) is 5.14. The van der Waals surface area contributed by atoms with Crippen molar-refractivity contribution in [1.82, 2.24) is 9.97 Å². The predicted molar refractivity (Wildman–Crippen MR) is 121 cm³/mol. The van der Waals surface area contributed by atoms with E-state index in [0.29, 0.717) is 22.1 Å². The summed E-state index contributed by atoms with van der Waals surface area (Å²) in [5.41, 5.74) is 2.40. The Morgan fingerprint density at radius 2 is 1.81 bits per heavy atom. The Hall–Kier alpha value is -3.39. The number of esters is 1. The molecule has 7 nitrogen and oxygen atoms in total. The number of hydrogen-bond acceptors (Lipinski definition) is 7. The van der Waals surface area contributed by atoms with E-state index in [0.717, 1.165) is 17.0 Å². The molecule has 0 radical (unpaired) electrons. The number of rotatable bonds is 8. The van der Waals surface area contributed by atoms with Crippen molar-refractivity contribution in [2.45, 2.75) is 18.9 Å². The van der Waals surface area contributed by atoms with Crippen LogP contribution in [0, 0.1) is 6.92 Å². The van der Waals surface area contributed by atoms with E-state index in [2.05, 4.69) is 15.3 Å². The third-order valence-electron chi connectivity index (χ3n) is 4.23. The van der Waals surface area contributed by atoms with Crippen LogP contribution in [0.5, 0.6) is 5.75 Å². The molecule has 31 heavy (non-hydrogen) atoms. The number of aryl methyl sites for hydroxylation is 1. The number of ether oxygens (including phenoxy) is 2. The number of hydrogen-bond donors (Lipinski definition) is 1. The average Bonchev–Trinajstić information content (AvgIpc) is 2.78. The standard InChI is InChI=1S/C23H23N3O4S/c1-4-30-23(28)18-7-5-6-8-19(18)25-20(27)14-31-21-13-15(2)24-22(26-21)16-9-11-17(29-3)12-10-16/h5-13H,4,14H2,1-3H3,(H,25,27). The van der Waals surface area contributed by atoms with Crippen LogP contribution in [0.2, 0.25) is 0 Å². The van der Waals surface area contributed by atoms with Crippen LogP contribution in [0.25, 0.3) is 11.4 Å². The van der Waals surface area contributed by atoms with Crippen LogP contribution in [-0.2, 0) is 9.53 Å². The maximum atomic E-state index is 12.5. The van der Waals surface area contributed by atoms with E-state index in [-0.39, 0.29) is 18.3 Å². The van der Waals surface area contributed by atoms with Crippen molar-refractivity contribution in [3.63, 3.8) is 0 Å². The molecule has 160 valence electrons. The Labute approximate surface area is 185 Å². The van der Waals surface area contributed by atoms with Gasteiger partial charge >= 0.3 is 5.97 Å². The van der Waals surface area contributed by atoms with Gasteiger partial charge < -0.3 is 14.8 Å². The van der Waals surface area contributed by atoms with E-state index in [1.54, 1.807) is 38.3 Å². The molecular formula is C23H23N3O4S. The minimum Gasteiger partial charge on any atom is -0.497 e. The monoisotopic (exact) mass is 437 g/mol. The average molecular weight is 438 g/mol. The highest BCUT2D eigenvalue weighted by Crippen LogP contribution is 2.24. The first-order valence-electron chi connectivity index (χ1n) is 9.69. The third kappa shape index (κ3) is 6.05. The molecule has 2 aromatic carbocycles. The van der Waals surface area contributed by atoms with Crippen molar-refractivity contribution >= 4 is 29.3 Å². The van der Waals surface area contributed by atoms with Crippen molar-refractivity contribution in [3.8, 4) is 17.1 Å². The van der Waals surface area contributed by atoms with Gasteiger partial charge in [-0.2, -0.15) is 0 Å².